The number of hydrazine groups is 1. The van der Waals surface area contributed by atoms with Gasteiger partial charge in [0.1, 0.15) is 0 Å². The highest BCUT2D eigenvalue weighted by molar-refractivity contribution is 5.72. The van der Waals surface area contributed by atoms with E-state index in [0.29, 0.717) is 6.54 Å². The van der Waals surface area contributed by atoms with Crippen LogP contribution >= 0.6 is 0 Å². The van der Waals surface area contributed by atoms with Crippen LogP contribution in [0.5, 0.6) is 0 Å². The van der Waals surface area contributed by atoms with Crippen molar-refractivity contribution < 1.29 is 5.11 Å². The molecule has 0 spiro atoms. The standard InChI is InChI=1S/C10H15N3O/c11-13-6-5-12(7-8-14)9-3-1-2-4-10(9)13/h1-4,14H,5-8,11H2. The molecule has 1 aromatic rings. The molecule has 0 unspecified atom stereocenters. The third kappa shape index (κ3) is 1.54. The van der Waals surface area contributed by atoms with Crippen molar-refractivity contribution in [3.8, 4) is 0 Å². The first-order valence-electron chi connectivity index (χ1n) is 4.80. The molecule has 1 aliphatic rings. The minimum absolute atomic E-state index is 0.179. The maximum Gasteiger partial charge on any atom is 0.0751 e. The van der Waals surface area contributed by atoms with Crippen LogP contribution in [0.4, 0.5) is 11.4 Å². The second-order valence-corrected chi connectivity index (χ2v) is 3.39. The van der Waals surface area contributed by atoms with E-state index in [4.69, 9.17) is 10.9 Å². The molecule has 0 amide bonds. The molecule has 1 heterocycles. The number of hydrogen-bond acceptors (Lipinski definition) is 4. The number of para-hydroxylation sites is 2. The number of nitrogens with two attached hydrogens (primary N) is 1. The maximum absolute atomic E-state index is 8.92. The Bertz CT molecular complexity index is 316. The molecule has 0 aliphatic carbocycles. The highest BCUT2D eigenvalue weighted by Gasteiger charge is 2.19. The molecule has 3 N–H and O–H groups in total. The van der Waals surface area contributed by atoms with E-state index in [-0.39, 0.29) is 6.61 Å². The molecule has 2 rings (SSSR count). The number of benzene rings is 1. The minimum Gasteiger partial charge on any atom is -0.395 e. The van der Waals surface area contributed by atoms with Gasteiger partial charge in [-0.25, -0.2) is 5.84 Å². The molecule has 0 aromatic heterocycles. The molecule has 4 heteroatoms. The van der Waals surface area contributed by atoms with Crippen LogP contribution in [-0.4, -0.2) is 31.3 Å². The van der Waals surface area contributed by atoms with Crippen molar-refractivity contribution in [2.75, 3.05) is 36.1 Å². The molecule has 14 heavy (non-hydrogen) atoms. The van der Waals surface area contributed by atoms with E-state index in [1.54, 1.807) is 5.01 Å². The lowest BCUT2D eigenvalue weighted by atomic mass is 10.2. The van der Waals surface area contributed by atoms with Gasteiger partial charge in [-0.1, -0.05) is 12.1 Å². The van der Waals surface area contributed by atoms with E-state index in [0.717, 1.165) is 24.5 Å². The van der Waals surface area contributed by atoms with Crippen molar-refractivity contribution in [3.05, 3.63) is 24.3 Å². The molecule has 0 saturated heterocycles. The zero-order valence-electron chi connectivity index (χ0n) is 8.06. The Morgan fingerprint density at radius 2 is 1.93 bits per heavy atom. The Kier molecular flexibility index (Phi) is 2.56. The third-order valence-electron chi connectivity index (χ3n) is 2.51. The van der Waals surface area contributed by atoms with Gasteiger partial charge < -0.3 is 15.0 Å². The lowest BCUT2D eigenvalue weighted by Crippen LogP contribution is -2.45. The molecule has 1 aliphatic heterocycles. The highest BCUT2D eigenvalue weighted by atomic mass is 16.3. The monoisotopic (exact) mass is 193 g/mol. The quantitative estimate of drug-likeness (QED) is 0.658. The summed E-state index contributed by atoms with van der Waals surface area (Å²) < 4.78 is 0. The fourth-order valence-corrected chi connectivity index (χ4v) is 1.80. The van der Waals surface area contributed by atoms with Gasteiger partial charge in [-0.2, -0.15) is 0 Å². The summed E-state index contributed by atoms with van der Waals surface area (Å²) in [7, 11) is 0. The average Bonchev–Trinajstić information content (AvgIpc) is 2.23. The Morgan fingerprint density at radius 3 is 2.64 bits per heavy atom. The van der Waals surface area contributed by atoms with Crippen LogP contribution in [0.15, 0.2) is 24.3 Å². The normalized spacial score (nSPS) is 15.6. The SMILES string of the molecule is NN1CCN(CCO)c2ccccc21. The van der Waals surface area contributed by atoms with Gasteiger partial charge in [0, 0.05) is 13.1 Å². The molecule has 4 nitrogen and oxygen atoms in total. The first-order valence-corrected chi connectivity index (χ1v) is 4.80. The Labute approximate surface area is 83.5 Å². The van der Waals surface area contributed by atoms with Crippen molar-refractivity contribution >= 4 is 11.4 Å². The molecule has 1 aromatic carbocycles. The van der Waals surface area contributed by atoms with Crippen molar-refractivity contribution in [2.45, 2.75) is 0 Å². The zero-order chi connectivity index (χ0) is 9.97. The van der Waals surface area contributed by atoms with E-state index >= 15 is 0 Å². The number of anilines is 2. The van der Waals surface area contributed by atoms with E-state index in [1.807, 2.05) is 24.3 Å². The average molecular weight is 193 g/mol. The van der Waals surface area contributed by atoms with Gasteiger partial charge in [0.05, 0.1) is 24.5 Å². The minimum atomic E-state index is 0.179. The Hall–Kier alpha value is -1.26. The molecule has 0 fully saturated rings. The Morgan fingerprint density at radius 1 is 1.21 bits per heavy atom. The maximum atomic E-state index is 8.92. The fourth-order valence-electron chi connectivity index (χ4n) is 1.80. The molecule has 0 radical (unpaired) electrons. The van der Waals surface area contributed by atoms with Crippen LogP contribution in [0.1, 0.15) is 0 Å². The summed E-state index contributed by atoms with van der Waals surface area (Å²) in [5.41, 5.74) is 2.14. The fraction of sp³-hybridized carbons (Fsp3) is 0.400. The van der Waals surface area contributed by atoms with Gasteiger partial charge >= 0.3 is 0 Å². The van der Waals surface area contributed by atoms with Crippen molar-refractivity contribution in [2.24, 2.45) is 5.84 Å². The van der Waals surface area contributed by atoms with Gasteiger partial charge in [0.2, 0.25) is 0 Å². The van der Waals surface area contributed by atoms with E-state index in [2.05, 4.69) is 4.90 Å². The number of rotatable bonds is 2. The van der Waals surface area contributed by atoms with E-state index in [1.165, 1.54) is 0 Å². The second-order valence-electron chi connectivity index (χ2n) is 3.39. The summed E-state index contributed by atoms with van der Waals surface area (Å²) >= 11 is 0. The lowest BCUT2D eigenvalue weighted by molar-refractivity contribution is 0.301. The van der Waals surface area contributed by atoms with Gasteiger partial charge in [-0.15, -0.1) is 0 Å². The molecule has 0 atom stereocenters. The van der Waals surface area contributed by atoms with Crippen LogP contribution in [-0.2, 0) is 0 Å². The Balaban J connectivity index is 2.31. The lowest BCUT2D eigenvalue weighted by Gasteiger charge is -2.36. The summed E-state index contributed by atoms with van der Waals surface area (Å²) in [6.45, 7) is 2.52. The van der Waals surface area contributed by atoms with Crippen molar-refractivity contribution in [1.29, 1.82) is 0 Å². The molecule has 0 bridgehead atoms. The van der Waals surface area contributed by atoms with Crippen LogP contribution in [0, 0.1) is 0 Å². The summed E-state index contributed by atoms with van der Waals surface area (Å²) in [6.07, 6.45) is 0. The van der Waals surface area contributed by atoms with E-state index in [9.17, 15) is 0 Å². The van der Waals surface area contributed by atoms with Crippen molar-refractivity contribution in [1.82, 2.24) is 0 Å². The van der Waals surface area contributed by atoms with E-state index < -0.39 is 0 Å². The zero-order valence-corrected chi connectivity index (χ0v) is 8.06. The number of nitrogens with zero attached hydrogens (tertiary/aromatic N) is 2. The number of fused-ring (bicyclic) bond motifs is 1. The molecular weight excluding hydrogens is 178 g/mol. The van der Waals surface area contributed by atoms with Gasteiger partial charge in [0.15, 0.2) is 0 Å². The summed E-state index contributed by atoms with van der Waals surface area (Å²) in [5.74, 6) is 5.85. The second kappa shape index (κ2) is 3.86. The topological polar surface area (TPSA) is 52.7 Å². The van der Waals surface area contributed by atoms with Crippen LogP contribution in [0.2, 0.25) is 0 Å². The van der Waals surface area contributed by atoms with Gasteiger partial charge in [-0.3, -0.25) is 0 Å². The summed E-state index contributed by atoms with van der Waals surface area (Å²) in [5, 5.41) is 10.7. The molecule has 0 saturated carbocycles. The predicted molar refractivity (Wildman–Crippen MR) is 57.3 cm³/mol. The van der Waals surface area contributed by atoms with Crippen molar-refractivity contribution in [3.63, 3.8) is 0 Å². The summed E-state index contributed by atoms with van der Waals surface area (Å²) in [6, 6.07) is 7.99. The molecule has 76 valence electrons. The highest BCUT2D eigenvalue weighted by Crippen LogP contribution is 2.30. The first kappa shape index (κ1) is 9.30. The predicted octanol–water partition coefficient (Wildman–Crippen LogP) is 0.179. The van der Waals surface area contributed by atoms with Crippen LogP contribution in [0.3, 0.4) is 0 Å². The van der Waals surface area contributed by atoms with Crippen LogP contribution < -0.4 is 15.8 Å². The number of β-amino-alcohol motifs (C(OH)–C–C–N with tert-alkyl or cyclic N) is 1. The first-order chi connectivity index (χ1) is 6.83. The smallest absolute Gasteiger partial charge is 0.0751 e. The largest absolute Gasteiger partial charge is 0.395 e. The summed E-state index contributed by atoms with van der Waals surface area (Å²) in [4.78, 5) is 2.15. The number of hydrogen-bond donors (Lipinski definition) is 2. The third-order valence-corrected chi connectivity index (χ3v) is 2.51. The number of aliphatic hydroxyl groups is 1. The van der Waals surface area contributed by atoms with Gasteiger partial charge in [0.25, 0.3) is 0 Å². The number of aliphatic hydroxyl groups excluding tert-OH is 1. The molecular formula is C10H15N3O. The van der Waals surface area contributed by atoms with Gasteiger partial charge in [-0.05, 0) is 12.1 Å². The van der Waals surface area contributed by atoms with Crippen LogP contribution in [0.25, 0.3) is 0 Å².